The molecule has 0 saturated heterocycles. The first kappa shape index (κ1) is 17.2. The summed E-state index contributed by atoms with van der Waals surface area (Å²) < 4.78 is 7.11. The highest BCUT2D eigenvalue weighted by atomic mass is 16.5. The van der Waals surface area contributed by atoms with Gasteiger partial charge in [0.1, 0.15) is 0 Å². The van der Waals surface area contributed by atoms with E-state index in [2.05, 4.69) is 17.0 Å². The minimum absolute atomic E-state index is 0.187. The van der Waals surface area contributed by atoms with Crippen molar-refractivity contribution in [2.45, 2.75) is 40.5 Å². The number of pyridine rings is 1. The Morgan fingerprint density at radius 3 is 2.48 bits per heavy atom. The predicted octanol–water partition coefficient (Wildman–Crippen LogP) is 2.39. The molecule has 0 aromatic carbocycles. The average molecular weight is 318 g/mol. The van der Waals surface area contributed by atoms with Crippen LogP contribution in [0.25, 0.3) is 11.0 Å². The lowest BCUT2D eigenvalue weighted by Crippen LogP contribution is -2.30. The number of aromatic nitrogens is 3. The molecule has 2 heterocycles. The lowest BCUT2D eigenvalue weighted by Gasteiger charge is -2.19. The van der Waals surface area contributed by atoms with E-state index in [1.807, 2.05) is 32.7 Å². The van der Waals surface area contributed by atoms with E-state index in [4.69, 9.17) is 4.74 Å². The quantitative estimate of drug-likeness (QED) is 0.820. The van der Waals surface area contributed by atoms with Crippen molar-refractivity contribution in [2.24, 2.45) is 7.05 Å². The van der Waals surface area contributed by atoms with Crippen LogP contribution >= 0.6 is 0 Å². The van der Waals surface area contributed by atoms with Gasteiger partial charge in [0.15, 0.2) is 5.65 Å². The number of nitrogens with zero attached hydrogens (tertiary/aromatic N) is 4. The van der Waals surface area contributed by atoms with Crippen LogP contribution in [-0.2, 0) is 18.3 Å². The van der Waals surface area contributed by atoms with Gasteiger partial charge in [0.2, 0.25) is 11.8 Å². The van der Waals surface area contributed by atoms with Crippen LogP contribution in [0.4, 0.5) is 0 Å². The number of methoxy groups -OCH3 is 1. The number of carbonyl (C=O) groups is 1. The van der Waals surface area contributed by atoms with Gasteiger partial charge in [0.25, 0.3) is 0 Å². The molecule has 2 rings (SSSR count). The van der Waals surface area contributed by atoms with Gasteiger partial charge in [0, 0.05) is 32.3 Å². The number of carbonyl (C=O) groups excluding carboxylic acids is 1. The van der Waals surface area contributed by atoms with Crippen LogP contribution in [0.15, 0.2) is 0 Å². The molecule has 0 bridgehead atoms. The third kappa shape index (κ3) is 3.16. The summed E-state index contributed by atoms with van der Waals surface area (Å²) in [6.45, 7) is 9.56. The number of hydrogen-bond acceptors (Lipinski definition) is 4. The van der Waals surface area contributed by atoms with Crippen LogP contribution in [0.1, 0.15) is 37.1 Å². The molecule has 0 saturated carbocycles. The standard InChI is InChI=1S/C17H26N4O2/c1-7-21(8-2)14(22)10-9-13-11(3)15-16(18-12(13)4)20(5)19-17(15)23-6/h7-10H2,1-6H3. The maximum absolute atomic E-state index is 12.3. The fourth-order valence-corrected chi connectivity index (χ4v) is 3.07. The predicted molar refractivity (Wildman–Crippen MR) is 90.8 cm³/mol. The summed E-state index contributed by atoms with van der Waals surface area (Å²) in [7, 11) is 3.48. The minimum atomic E-state index is 0.187. The number of ether oxygens (including phenoxy) is 1. The Labute approximate surface area is 137 Å². The molecule has 0 aliphatic carbocycles. The van der Waals surface area contributed by atoms with Gasteiger partial charge in [-0.05, 0) is 45.2 Å². The molecule has 0 atom stereocenters. The topological polar surface area (TPSA) is 60.3 Å². The largest absolute Gasteiger partial charge is 0.479 e. The normalized spacial score (nSPS) is 11.0. The van der Waals surface area contributed by atoms with E-state index < -0.39 is 0 Å². The van der Waals surface area contributed by atoms with Gasteiger partial charge in [-0.1, -0.05) is 0 Å². The van der Waals surface area contributed by atoms with Crippen LogP contribution in [0.5, 0.6) is 5.88 Å². The van der Waals surface area contributed by atoms with Gasteiger partial charge < -0.3 is 9.64 Å². The molecule has 2 aromatic rings. The molecule has 126 valence electrons. The van der Waals surface area contributed by atoms with E-state index in [1.54, 1.807) is 11.8 Å². The summed E-state index contributed by atoms with van der Waals surface area (Å²) in [5.41, 5.74) is 3.98. The van der Waals surface area contributed by atoms with Crippen molar-refractivity contribution in [2.75, 3.05) is 20.2 Å². The van der Waals surface area contributed by atoms with Crippen LogP contribution in [0.2, 0.25) is 0 Å². The number of fused-ring (bicyclic) bond motifs is 1. The van der Waals surface area contributed by atoms with Crippen molar-refractivity contribution >= 4 is 16.9 Å². The lowest BCUT2D eigenvalue weighted by atomic mass is 10.00. The molecule has 0 spiro atoms. The van der Waals surface area contributed by atoms with Crippen molar-refractivity contribution in [1.29, 1.82) is 0 Å². The van der Waals surface area contributed by atoms with Crippen molar-refractivity contribution in [3.05, 3.63) is 16.8 Å². The molecule has 0 aliphatic heterocycles. The molecule has 6 heteroatoms. The second-order valence-corrected chi connectivity index (χ2v) is 5.70. The molecule has 2 aromatic heterocycles. The fraction of sp³-hybridized carbons (Fsp3) is 0.588. The van der Waals surface area contributed by atoms with Crippen molar-refractivity contribution in [1.82, 2.24) is 19.7 Å². The number of rotatable bonds is 6. The van der Waals surface area contributed by atoms with Gasteiger partial charge in [-0.2, -0.15) is 0 Å². The molecule has 6 nitrogen and oxygen atoms in total. The van der Waals surface area contributed by atoms with Crippen LogP contribution < -0.4 is 4.74 Å². The molecule has 0 N–H and O–H groups in total. The molecule has 0 fully saturated rings. The smallest absolute Gasteiger partial charge is 0.242 e. The summed E-state index contributed by atoms with van der Waals surface area (Å²) in [4.78, 5) is 18.8. The van der Waals surface area contributed by atoms with Gasteiger partial charge in [-0.15, -0.1) is 5.10 Å². The molecule has 1 amide bonds. The lowest BCUT2D eigenvalue weighted by molar-refractivity contribution is -0.130. The van der Waals surface area contributed by atoms with Crippen molar-refractivity contribution < 1.29 is 9.53 Å². The summed E-state index contributed by atoms with van der Waals surface area (Å²) in [6.07, 6.45) is 1.19. The molecule has 23 heavy (non-hydrogen) atoms. The average Bonchev–Trinajstić information content (AvgIpc) is 2.84. The Bertz CT molecular complexity index is 717. The first-order valence-corrected chi connectivity index (χ1v) is 8.09. The zero-order valence-electron chi connectivity index (χ0n) is 14.9. The molecule has 0 radical (unpaired) electrons. The molecular weight excluding hydrogens is 292 g/mol. The zero-order chi connectivity index (χ0) is 17.1. The monoisotopic (exact) mass is 318 g/mol. The SMILES string of the molecule is CCN(CC)C(=O)CCc1c(C)nc2c(c(OC)nn2C)c1C. The van der Waals surface area contributed by atoms with Crippen LogP contribution in [0.3, 0.4) is 0 Å². The van der Waals surface area contributed by atoms with E-state index in [9.17, 15) is 4.79 Å². The van der Waals surface area contributed by atoms with Gasteiger partial charge in [0.05, 0.1) is 12.5 Å². The zero-order valence-corrected chi connectivity index (χ0v) is 14.9. The third-order valence-corrected chi connectivity index (χ3v) is 4.42. The highest BCUT2D eigenvalue weighted by Gasteiger charge is 2.19. The molecule has 0 unspecified atom stereocenters. The molecule has 0 aliphatic rings. The summed E-state index contributed by atoms with van der Waals surface area (Å²) >= 11 is 0. The van der Waals surface area contributed by atoms with Crippen molar-refractivity contribution in [3.8, 4) is 5.88 Å². The van der Waals surface area contributed by atoms with Crippen LogP contribution in [0, 0.1) is 13.8 Å². The fourth-order valence-electron chi connectivity index (χ4n) is 3.07. The van der Waals surface area contributed by atoms with E-state index in [1.165, 1.54) is 0 Å². The Hall–Kier alpha value is -2.11. The highest BCUT2D eigenvalue weighted by Crippen LogP contribution is 2.30. The Morgan fingerprint density at radius 2 is 1.91 bits per heavy atom. The number of aryl methyl sites for hydroxylation is 3. The van der Waals surface area contributed by atoms with Gasteiger partial charge in [-0.25, -0.2) is 9.67 Å². The second kappa shape index (κ2) is 6.98. The summed E-state index contributed by atoms with van der Waals surface area (Å²) in [5.74, 6) is 0.774. The first-order valence-electron chi connectivity index (χ1n) is 8.09. The van der Waals surface area contributed by atoms with Gasteiger partial charge >= 0.3 is 0 Å². The van der Waals surface area contributed by atoms with Crippen molar-refractivity contribution in [3.63, 3.8) is 0 Å². The van der Waals surface area contributed by atoms with E-state index in [0.717, 1.165) is 40.9 Å². The second-order valence-electron chi connectivity index (χ2n) is 5.70. The van der Waals surface area contributed by atoms with E-state index >= 15 is 0 Å². The summed E-state index contributed by atoms with van der Waals surface area (Å²) in [6, 6.07) is 0. The Kier molecular flexibility index (Phi) is 5.23. The first-order chi connectivity index (χ1) is 10.9. The third-order valence-electron chi connectivity index (χ3n) is 4.42. The Morgan fingerprint density at radius 1 is 1.26 bits per heavy atom. The summed E-state index contributed by atoms with van der Waals surface area (Å²) in [5, 5.41) is 5.29. The minimum Gasteiger partial charge on any atom is -0.479 e. The Balaban J connectivity index is 2.36. The van der Waals surface area contributed by atoms with E-state index in [-0.39, 0.29) is 5.91 Å². The number of amides is 1. The number of hydrogen-bond donors (Lipinski definition) is 0. The van der Waals surface area contributed by atoms with Crippen LogP contribution in [-0.4, -0.2) is 45.8 Å². The van der Waals surface area contributed by atoms with Gasteiger partial charge in [-0.3, -0.25) is 4.79 Å². The van der Waals surface area contributed by atoms with E-state index in [0.29, 0.717) is 18.7 Å². The molecular formula is C17H26N4O2. The highest BCUT2D eigenvalue weighted by molar-refractivity contribution is 5.86. The maximum atomic E-state index is 12.3. The maximum Gasteiger partial charge on any atom is 0.242 e.